The van der Waals surface area contributed by atoms with Gasteiger partial charge < -0.3 is 15.5 Å². The molecule has 0 spiro atoms. The molecule has 0 saturated heterocycles. The average molecular weight is 334 g/mol. The Hall–Kier alpha value is -1.30. The maximum atomic E-state index is 12.2. The van der Waals surface area contributed by atoms with Crippen molar-refractivity contribution in [1.29, 1.82) is 0 Å². The highest BCUT2D eigenvalue weighted by Gasteiger charge is 2.16. The molecule has 0 aromatic heterocycles. The predicted octanol–water partition coefficient (Wildman–Crippen LogP) is 2.40. The maximum absolute atomic E-state index is 12.2. The molecule has 0 aliphatic heterocycles. The van der Waals surface area contributed by atoms with E-state index in [0.717, 1.165) is 0 Å². The van der Waals surface area contributed by atoms with Crippen LogP contribution in [0.15, 0.2) is 18.2 Å². The average Bonchev–Trinajstić information content (AvgIpc) is 2.40. The molecular formula is C14H21Cl2N3O2. The van der Waals surface area contributed by atoms with Gasteiger partial charge >= 0.3 is 0 Å². The van der Waals surface area contributed by atoms with E-state index in [4.69, 9.17) is 11.6 Å². The maximum Gasteiger partial charge on any atom is 0.255 e. The third-order valence-corrected chi connectivity index (χ3v) is 3.18. The SMILES string of the molecule is CCN(CC)C(=O)c1ccc(NC(=O)CNC)cc1Cl.Cl. The molecule has 0 fully saturated rings. The summed E-state index contributed by atoms with van der Waals surface area (Å²) >= 11 is 6.13. The van der Waals surface area contributed by atoms with Crippen molar-refractivity contribution in [1.82, 2.24) is 10.2 Å². The third kappa shape index (κ3) is 5.53. The number of carbonyl (C=O) groups excluding carboxylic acids is 2. The van der Waals surface area contributed by atoms with Gasteiger partial charge in [-0.25, -0.2) is 0 Å². The number of amides is 2. The highest BCUT2D eigenvalue weighted by Crippen LogP contribution is 2.22. The number of hydrogen-bond acceptors (Lipinski definition) is 3. The molecule has 0 bridgehead atoms. The Morgan fingerprint density at radius 1 is 1.24 bits per heavy atom. The third-order valence-electron chi connectivity index (χ3n) is 2.87. The summed E-state index contributed by atoms with van der Waals surface area (Å²) in [6.45, 7) is 5.32. The Morgan fingerprint density at radius 3 is 2.33 bits per heavy atom. The molecule has 0 unspecified atom stereocenters. The lowest BCUT2D eigenvalue weighted by Gasteiger charge is -2.19. The molecule has 2 N–H and O–H groups in total. The second-order valence-electron chi connectivity index (χ2n) is 4.25. The number of likely N-dealkylation sites (N-methyl/N-ethyl adjacent to an activating group) is 1. The van der Waals surface area contributed by atoms with Gasteiger partial charge in [0, 0.05) is 18.8 Å². The van der Waals surface area contributed by atoms with Gasteiger partial charge in [-0.3, -0.25) is 9.59 Å². The fraction of sp³-hybridized carbons (Fsp3) is 0.429. The van der Waals surface area contributed by atoms with E-state index in [1.165, 1.54) is 0 Å². The highest BCUT2D eigenvalue weighted by molar-refractivity contribution is 6.34. The fourth-order valence-electron chi connectivity index (χ4n) is 1.81. The standard InChI is InChI=1S/C14H20ClN3O2.ClH/c1-4-18(5-2)14(20)11-7-6-10(8-12(11)15)17-13(19)9-16-3;/h6-8,16H,4-5,9H2,1-3H3,(H,17,19);1H. The summed E-state index contributed by atoms with van der Waals surface area (Å²) in [5, 5.41) is 5.79. The molecule has 7 heteroatoms. The molecule has 0 radical (unpaired) electrons. The molecule has 21 heavy (non-hydrogen) atoms. The van der Waals surface area contributed by atoms with E-state index in [1.54, 1.807) is 30.1 Å². The van der Waals surface area contributed by atoms with Crippen LogP contribution >= 0.6 is 24.0 Å². The summed E-state index contributed by atoms with van der Waals surface area (Å²) < 4.78 is 0. The van der Waals surface area contributed by atoms with Crippen LogP contribution < -0.4 is 10.6 Å². The second-order valence-corrected chi connectivity index (χ2v) is 4.66. The van der Waals surface area contributed by atoms with Crippen molar-refractivity contribution < 1.29 is 9.59 Å². The zero-order valence-corrected chi connectivity index (χ0v) is 14.0. The number of carbonyl (C=O) groups is 2. The number of benzene rings is 1. The van der Waals surface area contributed by atoms with Crippen molar-refractivity contribution in [2.24, 2.45) is 0 Å². The zero-order chi connectivity index (χ0) is 15.1. The molecule has 1 rings (SSSR count). The first-order chi connectivity index (χ1) is 9.53. The number of halogens is 2. The second kappa shape index (κ2) is 9.60. The molecule has 0 atom stereocenters. The van der Waals surface area contributed by atoms with Crippen LogP contribution in [0.1, 0.15) is 24.2 Å². The van der Waals surface area contributed by atoms with Gasteiger partial charge in [0.05, 0.1) is 17.1 Å². The van der Waals surface area contributed by atoms with Gasteiger partial charge in [0.15, 0.2) is 0 Å². The Morgan fingerprint density at radius 2 is 1.86 bits per heavy atom. The van der Waals surface area contributed by atoms with Crippen molar-refractivity contribution in [3.63, 3.8) is 0 Å². The van der Waals surface area contributed by atoms with Crippen LogP contribution in [-0.2, 0) is 4.79 Å². The van der Waals surface area contributed by atoms with Crippen molar-refractivity contribution in [2.45, 2.75) is 13.8 Å². The quantitative estimate of drug-likeness (QED) is 0.840. The summed E-state index contributed by atoms with van der Waals surface area (Å²) in [5.74, 6) is -0.264. The Labute approximate surface area is 136 Å². The number of hydrogen-bond donors (Lipinski definition) is 2. The fourth-order valence-corrected chi connectivity index (χ4v) is 2.07. The lowest BCUT2D eigenvalue weighted by molar-refractivity contribution is -0.115. The van der Waals surface area contributed by atoms with Crippen molar-refractivity contribution in [3.8, 4) is 0 Å². The molecule has 0 aliphatic carbocycles. The summed E-state index contributed by atoms with van der Waals surface area (Å²) in [6, 6.07) is 4.90. The Balaban J connectivity index is 0.00000400. The van der Waals surface area contributed by atoms with Gasteiger partial charge in [0.25, 0.3) is 5.91 Å². The van der Waals surface area contributed by atoms with Gasteiger partial charge in [-0.15, -0.1) is 12.4 Å². The van der Waals surface area contributed by atoms with E-state index in [0.29, 0.717) is 29.4 Å². The largest absolute Gasteiger partial charge is 0.339 e. The van der Waals surface area contributed by atoms with E-state index in [9.17, 15) is 9.59 Å². The first-order valence-electron chi connectivity index (χ1n) is 6.56. The van der Waals surface area contributed by atoms with Gasteiger partial charge in [0.2, 0.25) is 5.91 Å². The van der Waals surface area contributed by atoms with Crippen molar-refractivity contribution in [2.75, 3.05) is 32.0 Å². The lowest BCUT2D eigenvalue weighted by Crippen LogP contribution is -2.30. The molecule has 2 amide bonds. The first kappa shape index (κ1) is 19.7. The van der Waals surface area contributed by atoms with Crippen LogP contribution in [0.2, 0.25) is 5.02 Å². The van der Waals surface area contributed by atoms with Crippen molar-refractivity contribution >= 4 is 41.5 Å². The van der Waals surface area contributed by atoms with E-state index in [1.807, 2.05) is 13.8 Å². The van der Waals surface area contributed by atoms with Crippen LogP contribution in [0.25, 0.3) is 0 Å². The summed E-state index contributed by atoms with van der Waals surface area (Å²) in [4.78, 5) is 25.4. The molecular weight excluding hydrogens is 313 g/mol. The minimum Gasteiger partial charge on any atom is -0.339 e. The lowest BCUT2D eigenvalue weighted by atomic mass is 10.1. The molecule has 0 saturated carbocycles. The van der Waals surface area contributed by atoms with E-state index in [-0.39, 0.29) is 30.8 Å². The topological polar surface area (TPSA) is 61.4 Å². The van der Waals surface area contributed by atoms with E-state index in [2.05, 4.69) is 10.6 Å². The monoisotopic (exact) mass is 333 g/mol. The van der Waals surface area contributed by atoms with E-state index < -0.39 is 0 Å². The molecule has 1 aromatic rings. The van der Waals surface area contributed by atoms with Crippen molar-refractivity contribution in [3.05, 3.63) is 28.8 Å². The zero-order valence-electron chi connectivity index (χ0n) is 12.4. The molecule has 0 aliphatic rings. The number of rotatable bonds is 6. The summed E-state index contributed by atoms with van der Waals surface area (Å²) in [6.07, 6.45) is 0. The van der Waals surface area contributed by atoms with Gasteiger partial charge in [-0.05, 0) is 39.1 Å². The minimum atomic E-state index is -0.161. The number of nitrogens with zero attached hydrogens (tertiary/aromatic N) is 1. The van der Waals surface area contributed by atoms with Crippen LogP contribution in [0.5, 0.6) is 0 Å². The smallest absolute Gasteiger partial charge is 0.255 e. The number of nitrogens with one attached hydrogen (secondary N) is 2. The summed E-state index contributed by atoms with van der Waals surface area (Å²) in [7, 11) is 1.69. The molecule has 0 heterocycles. The summed E-state index contributed by atoms with van der Waals surface area (Å²) in [5.41, 5.74) is 1.02. The van der Waals surface area contributed by atoms with Gasteiger partial charge in [-0.1, -0.05) is 11.6 Å². The van der Waals surface area contributed by atoms with E-state index >= 15 is 0 Å². The van der Waals surface area contributed by atoms with Crippen LogP contribution in [0, 0.1) is 0 Å². The Bertz CT molecular complexity index is 491. The van der Waals surface area contributed by atoms with Gasteiger partial charge in [-0.2, -0.15) is 0 Å². The van der Waals surface area contributed by atoms with Crippen LogP contribution in [-0.4, -0.2) is 43.4 Å². The van der Waals surface area contributed by atoms with Crippen LogP contribution in [0.3, 0.4) is 0 Å². The number of anilines is 1. The normalized spacial score (nSPS) is 9.71. The highest BCUT2D eigenvalue weighted by atomic mass is 35.5. The molecule has 118 valence electrons. The van der Waals surface area contributed by atoms with Crippen LogP contribution in [0.4, 0.5) is 5.69 Å². The minimum absolute atomic E-state index is 0. The Kier molecular flexibility index (Phi) is 9.01. The van der Waals surface area contributed by atoms with Gasteiger partial charge in [0.1, 0.15) is 0 Å². The molecule has 1 aromatic carbocycles. The predicted molar refractivity (Wildman–Crippen MR) is 88.5 cm³/mol. The molecule has 5 nitrogen and oxygen atoms in total. The first-order valence-corrected chi connectivity index (χ1v) is 6.94.